The van der Waals surface area contributed by atoms with Crippen molar-refractivity contribution in [2.24, 2.45) is 0 Å². The van der Waals surface area contributed by atoms with E-state index in [1.54, 1.807) is 13.8 Å². The second-order valence-corrected chi connectivity index (χ2v) is 4.13. The van der Waals surface area contributed by atoms with Gasteiger partial charge in [-0.25, -0.2) is 4.68 Å². The summed E-state index contributed by atoms with van der Waals surface area (Å²) in [5, 5.41) is 5.94. The normalized spacial score (nSPS) is 11.9. The zero-order valence-corrected chi connectivity index (χ0v) is 9.93. The van der Waals surface area contributed by atoms with Gasteiger partial charge in [-0.3, -0.25) is 4.79 Å². The molecule has 8 heteroatoms. The van der Waals surface area contributed by atoms with Crippen molar-refractivity contribution in [1.29, 1.82) is 0 Å². The summed E-state index contributed by atoms with van der Waals surface area (Å²) < 4.78 is 36.6. The summed E-state index contributed by atoms with van der Waals surface area (Å²) in [6, 6.07) is -0.00725. The van der Waals surface area contributed by atoms with Gasteiger partial charge in [-0.15, -0.1) is 0 Å². The summed E-state index contributed by atoms with van der Waals surface area (Å²) in [6.07, 6.45) is -3.40. The van der Waals surface area contributed by atoms with Crippen molar-refractivity contribution in [1.82, 2.24) is 9.78 Å². The van der Waals surface area contributed by atoms with E-state index in [4.69, 9.17) is 11.6 Å². The second kappa shape index (κ2) is 4.95. The van der Waals surface area contributed by atoms with E-state index in [1.165, 1.54) is 0 Å². The molecule has 96 valence electrons. The van der Waals surface area contributed by atoms with Crippen LogP contribution in [0.5, 0.6) is 0 Å². The fourth-order valence-electron chi connectivity index (χ4n) is 1.16. The fraction of sp³-hybridized carbons (Fsp3) is 0.556. The lowest BCUT2D eigenvalue weighted by molar-refractivity contribution is -0.143. The van der Waals surface area contributed by atoms with E-state index in [0.29, 0.717) is 0 Å². The first-order valence-electron chi connectivity index (χ1n) is 4.79. The van der Waals surface area contributed by atoms with Gasteiger partial charge in [0.15, 0.2) is 0 Å². The molecule has 0 unspecified atom stereocenters. The highest BCUT2D eigenvalue weighted by molar-refractivity contribution is 6.32. The molecule has 0 saturated heterocycles. The van der Waals surface area contributed by atoms with Gasteiger partial charge in [-0.05, 0) is 13.8 Å². The van der Waals surface area contributed by atoms with Crippen molar-refractivity contribution < 1.29 is 13.2 Å². The molecule has 1 rings (SSSR count). The standard InChI is InChI=1S/C9H11ClF3N3O/c1-5(2)15-6-3-14-16(4-9(11,12)13)8(17)7(6)10/h3,5,15H,4H2,1-2H3. The van der Waals surface area contributed by atoms with Gasteiger partial charge in [0.05, 0.1) is 11.9 Å². The monoisotopic (exact) mass is 269 g/mol. The molecule has 0 fully saturated rings. The average Bonchev–Trinajstić information content (AvgIpc) is 2.15. The van der Waals surface area contributed by atoms with Crippen LogP contribution in [-0.2, 0) is 6.54 Å². The maximum Gasteiger partial charge on any atom is 0.408 e. The minimum atomic E-state index is -4.51. The van der Waals surface area contributed by atoms with Crippen LogP contribution in [0.4, 0.5) is 18.9 Å². The molecule has 0 radical (unpaired) electrons. The Labute approximate surface area is 100 Å². The molecule has 0 aliphatic carbocycles. The molecule has 0 bridgehead atoms. The van der Waals surface area contributed by atoms with Crippen LogP contribution in [0.1, 0.15) is 13.8 Å². The lowest BCUT2D eigenvalue weighted by Crippen LogP contribution is -2.31. The molecule has 0 spiro atoms. The van der Waals surface area contributed by atoms with Crippen LogP contribution in [0.15, 0.2) is 11.0 Å². The largest absolute Gasteiger partial charge is 0.408 e. The van der Waals surface area contributed by atoms with Crippen LogP contribution in [0.3, 0.4) is 0 Å². The number of rotatable bonds is 3. The summed E-state index contributed by atoms with van der Waals surface area (Å²) in [5.74, 6) is 0. The highest BCUT2D eigenvalue weighted by atomic mass is 35.5. The Morgan fingerprint density at radius 3 is 2.59 bits per heavy atom. The van der Waals surface area contributed by atoms with E-state index in [9.17, 15) is 18.0 Å². The maximum atomic E-state index is 12.1. The molecule has 1 aromatic heterocycles. The zero-order valence-electron chi connectivity index (χ0n) is 9.18. The minimum absolute atomic E-state index is 0.00725. The molecule has 0 atom stereocenters. The van der Waals surface area contributed by atoms with Crippen molar-refractivity contribution in [3.63, 3.8) is 0 Å². The van der Waals surface area contributed by atoms with E-state index < -0.39 is 18.3 Å². The van der Waals surface area contributed by atoms with Crippen LogP contribution in [0.25, 0.3) is 0 Å². The first-order chi connectivity index (χ1) is 7.70. The second-order valence-electron chi connectivity index (χ2n) is 3.75. The Morgan fingerprint density at radius 2 is 2.12 bits per heavy atom. The lowest BCUT2D eigenvalue weighted by atomic mass is 10.3. The number of hydrogen-bond donors (Lipinski definition) is 1. The fourth-order valence-corrected chi connectivity index (χ4v) is 1.36. The van der Waals surface area contributed by atoms with E-state index in [0.717, 1.165) is 6.20 Å². The third kappa shape index (κ3) is 3.92. The van der Waals surface area contributed by atoms with Crippen LogP contribution in [0, 0.1) is 0 Å². The summed E-state index contributed by atoms with van der Waals surface area (Å²) in [6.45, 7) is 2.16. The molecule has 1 N–H and O–H groups in total. The van der Waals surface area contributed by atoms with Gasteiger partial charge >= 0.3 is 6.18 Å². The van der Waals surface area contributed by atoms with E-state index in [2.05, 4.69) is 10.4 Å². The van der Waals surface area contributed by atoms with Gasteiger partial charge in [0.2, 0.25) is 0 Å². The quantitative estimate of drug-likeness (QED) is 0.916. The van der Waals surface area contributed by atoms with Gasteiger partial charge < -0.3 is 5.32 Å². The molecule has 0 amide bonds. The van der Waals surface area contributed by atoms with Crippen molar-refractivity contribution >= 4 is 17.3 Å². The van der Waals surface area contributed by atoms with Crippen LogP contribution in [0.2, 0.25) is 5.02 Å². The third-order valence-electron chi connectivity index (χ3n) is 1.76. The number of nitrogens with one attached hydrogen (secondary N) is 1. The molecular formula is C9H11ClF3N3O. The van der Waals surface area contributed by atoms with Crippen molar-refractivity contribution in [3.05, 3.63) is 21.6 Å². The van der Waals surface area contributed by atoms with Crippen molar-refractivity contribution in [2.45, 2.75) is 32.6 Å². The Balaban J connectivity index is 3.07. The number of anilines is 1. The highest BCUT2D eigenvalue weighted by Gasteiger charge is 2.29. The number of nitrogens with zero attached hydrogens (tertiary/aromatic N) is 2. The molecule has 1 heterocycles. The molecular weight excluding hydrogens is 259 g/mol. The van der Waals surface area contributed by atoms with Gasteiger partial charge in [0.25, 0.3) is 5.56 Å². The van der Waals surface area contributed by atoms with Crippen molar-refractivity contribution in [2.75, 3.05) is 5.32 Å². The number of alkyl halides is 3. The Morgan fingerprint density at radius 1 is 1.53 bits per heavy atom. The Kier molecular flexibility index (Phi) is 4.03. The summed E-state index contributed by atoms with van der Waals surface area (Å²) in [5.41, 5.74) is -0.736. The van der Waals surface area contributed by atoms with Gasteiger partial charge in [-0.1, -0.05) is 11.6 Å². The molecule has 17 heavy (non-hydrogen) atoms. The predicted molar refractivity (Wildman–Crippen MR) is 58.3 cm³/mol. The summed E-state index contributed by atoms with van der Waals surface area (Å²) in [4.78, 5) is 11.5. The average molecular weight is 270 g/mol. The maximum absolute atomic E-state index is 12.1. The van der Waals surface area contributed by atoms with Crippen LogP contribution < -0.4 is 10.9 Å². The third-order valence-corrected chi connectivity index (χ3v) is 2.12. The highest BCUT2D eigenvalue weighted by Crippen LogP contribution is 2.19. The molecule has 4 nitrogen and oxygen atoms in total. The number of halogens is 4. The molecule has 0 saturated carbocycles. The summed E-state index contributed by atoms with van der Waals surface area (Å²) >= 11 is 5.67. The lowest BCUT2D eigenvalue weighted by Gasteiger charge is -2.13. The first kappa shape index (κ1) is 13.8. The molecule has 0 aliphatic rings. The van der Waals surface area contributed by atoms with Gasteiger partial charge in [0, 0.05) is 6.04 Å². The molecule has 1 aromatic rings. The minimum Gasteiger partial charge on any atom is -0.380 e. The Bertz CT molecular complexity index is 456. The predicted octanol–water partition coefficient (Wildman–Crippen LogP) is 2.28. The number of hydrogen-bond acceptors (Lipinski definition) is 3. The Hall–Kier alpha value is -1.24. The zero-order chi connectivity index (χ0) is 13.2. The van der Waals surface area contributed by atoms with E-state index >= 15 is 0 Å². The van der Waals surface area contributed by atoms with Crippen molar-refractivity contribution in [3.8, 4) is 0 Å². The van der Waals surface area contributed by atoms with Crippen LogP contribution in [-0.4, -0.2) is 22.0 Å². The van der Waals surface area contributed by atoms with Gasteiger partial charge in [-0.2, -0.15) is 18.3 Å². The SMILES string of the molecule is CC(C)Nc1cnn(CC(F)(F)F)c(=O)c1Cl. The summed E-state index contributed by atoms with van der Waals surface area (Å²) in [7, 11) is 0. The van der Waals surface area contributed by atoms with E-state index in [-0.39, 0.29) is 21.4 Å². The topological polar surface area (TPSA) is 46.9 Å². The smallest absolute Gasteiger partial charge is 0.380 e. The van der Waals surface area contributed by atoms with E-state index in [1.807, 2.05) is 0 Å². The number of aromatic nitrogens is 2. The molecule has 0 aromatic carbocycles. The van der Waals surface area contributed by atoms with Crippen LogP contribution >= 0.6 is 11.6 Å². The van der Waals surface area contributed by atoms with Gasteiger partial charge in [0.1, 0.15) is 11.6 Å². The molecule has 0 aliphatic heterocycles. The first-order valence-corrected chi connectivity index (χ1v) is 5.17.